The second-order valence-electron chi connectivity index (χ2n) is 3.50. The Morgan fingerprint density at radius 3 is 2.83 bits per heavy atom. The first-order valence-electron chi connectivity index (χ1n) is 4.95. The molecule has 0 unspecified atom stereocenters. The van der Waals surface area contributed by atoms with Gasteiger partial charge in [-0.05, 0) is 18.2 Å². The molecule has 2 aromatic rings. The molecule has 4 N–H and O–H groups in total. The number of imidazole rings is 1. The zero-order valence-electron chi connectivity index (χ0n) is 9.40. The molecule has 1 aromatic heterocycles. The highest BCUT2D eigenvalue weighted by atomic mass is 19.1. The van der Waals surface area contributed by atoms with E-state index >= 15 is 0 Å². The molecule has 1 aromatic carbocycles. The van der Waals surface area contributed by atoms with E-state index < -0.39 is 11.8 Å². The lowest BCUT2D eigenvalue weighted by Gasteiger charge is -2.03. The number of nitrogen functional groups attached to an aromatic ring is 1. The number of carboxylic acid groups (broad SMARTS) is 1. The molecule has 0 radical (unpaired) electrons. The van der Waals surface area contributed by atoms with E-state index in [1.54, 1.807) is 0 Å². The molecule has 0 aliphatic carbocycles. The molecular formula is C11H10FN3O3. The summed E-state index contributed by atoms with van der Waals surface area (Å²) < 4.78 is 18.3. The summed E-state index contributed by atoms with van der Waals surface area (Å²) in [5, 5.41) is 8.97. The van der Waals surface area contributed by atoms with Gasteiger partial charge < -0.3 is 20.6 Å². The number of methoxy groups -OCH3 is 1. The Morgan fingerprint density at radius 1 is 1.56 bits per heavy atom. The minimum atomic E-state index is -1.22. The summed E-state index contributed by atoms with van der Waals surface area (Å²) in [6.07, 6.45) is 0. The summed E-state index contributed by atoms with van der Waals surface area (Å²) in [7, 11) is 1.34. The molecular weight excluding hydrogens is 241 g/mol. The van der Waals surface area contributed by atoms with E-state index in [1.165, 1.54) is 19.2 Å². The number of nitrogens with one attached hydrogen (secondary N) is 1. The second-order valence-corrected chi connectivity index (χ2v) is 3.50. The van der Waals surface area contributed by atoms with Crippen LogP contribution in [0, 0.1) is 5.82 Å². The van der Waals surface area contributed by atoms with Crippen molar-refractivity contribution < 1.29 is 19.0 Å². The van der Waals surface area contributed by atoms with Gasteiger partial charge in [-0.15, -0.1) is 0 Å². The fourth-order valence-corrected chi connectivity index (χ4v) is 1.57. The summed E-state index contributed by atoms with van der Waals surface area (Å²) in [6, 6.07) is 4.03. The normalized spacial score (nSPS) is 10.3. The summed E-state index contributed by atoms with van der Waals surface area (Å²) >= 11 is 0. The van der Waals surface area contributed by atoms with Crippen LogP contribution in [0.25, 0.3) is 11.3 Å². The van der Waals surface area contributed by atoms with Crippen molar-refractivity contribution in [1.82, 2.24) is 9.97 Å². The average molecular weight is 251 g/mol. The van der Waals surface area contributed by atoms with Gasteiger partial charge in [-0.2, -0.15) is 0 Å². The molecule has 6 nitrogen and oxygen atoms in total. The van der Waals surface area contributed by atoms with Gasteiger partial charge in [-0.1, -0.05) is 0 Å². The lowest BCUT2D eigenvalue weighted by atomic mass is 10.1. The van der Waals surface area contributed by atoms with Gasteiger partial charge in [-0.3, -0.25) is 0 Å². The van der Waals surface area contributed by atoms with Crippen molar-refractivity contribution in [1.29, 1.82) is 0 Å². The first-order valence-corrected chi connectivity index (χ1v) is 4.95. The monoisotopic (exact) mass is 251 g/mol. The molecule has 94 valence electrons. The topological polar surface area (TPSA) is 101 Å². The lowest BCUT2D eigenvalue weighted by molar-refractivity contribution is 0.0692. The molecule has 0 bridgehead atoms. The third kappa shape index (κ3) is 1.97. The van der Waals surface area contributed by atoms with Crippen LogP contribution in [0.5, 0.6) is 5.75 Å². The molecule has 0 spiro atoms. The number of nitrogens with two attached hydrogens (primary N) is 1. The number of aromatic amines is 1. The lowest BCUT2D eigenvalue weighted by Crippen LogP contribution is -1.99. The third-order valence-corrected chi connectivity index (χ3v) is 2.36. The van der Waals surface area contributed by atoms with Crippen LogP contribution < -0.4 is 10.5 Å². The first-order chi connectivity index (χ1) is 8.52. The maximum Gasteiger partial charge on any atom is 0.354 e. The number of carboxylic acids is 1. The molecule has 2 rings (SSSR count). The summed E-state index contributed by atoms with van der Waals surface area (Å²) in [5.74, 6) is -1.80. The Labute approximate surface area is 101 Å². The number of H-pyrrole nitrogens is 1. The highest BCUT2D eigenvalue weighted by molar-refractivity contribution is 5.93. The molecule has 18 heavy (non-hydrogen) atoms. The van der Waals surface area contributed by atoms with Crippen molar-refractivity contribution in [3.8, 4) is 17.0 Å². The number of hydrogen-bond acceptors (Lipinski definition) is 4. The van der Waals surface area contributed by atoms with E-state index in [9.17, 15) is 9.18 Å². The number of hydrogen-bond donors (Lipinski definition) is 3. The average Bonchev–Trinajstić information content (AvgIpc) is 2.71. The van der Waals surface area contributed by atoms with Crippen molar-refractivity contribution in [3.63, 3.8) is 0 Å². The van der Waals surface area contributed by atoms with Gasteiger partial charge in [0.2, 0.25) is 0 Å². The second kappa shape index (κ2) is 4.36. The largest absolute Gasteiger partial charge is 0.494 e. The maximum atomic E-state index is 13.5. The summed E-state index contributed by atoms with van der Waals surface area (Å²) in [4.78, 5) is 17.2. The Bertz CT molecular complexity index is 610. The van der Waals surface area contributed by atoms with E-state index in [0.29, 0.717) is 5.56 Å². The molecule has 0 amide bonds. The highest BCUT2D eigenvalue weighted by Gasteiger charge is 2.18. The van der Waals surface area contributed by atoms with Crippen LogP contribution in [0.4, 0.5) is 10.3 Å². The van der Waals surface area contributed by atoms with Gasteiger partial charge in [-0.25, -0.2) is 14.2 Å². The third-order valence-electron chi connectivity index (χ3n) is 2.36. The Balaban J connectivity index is 2.55. The number of aromatic nitrogens is 2. The van der Waals surface area contributed by atoms with E-state index in [1.807, 2.05) is 0 Å². The van der Waals surface area contributed by atoms with E-state index in [4.69, 9.17) is 15.6 Å². The number of ether oxygens (including phenoxy) is 1. The quantitative estimate of drug-likeness (QED) is 0.767. The SMILES string of the molecule is COc1ccc(-c2nc(N)[nH]c2C(=O)O)cc1F. The number of nitrogens with zero attached hydrogens (tertiary/aromatic N) is 1. The van der Waals surface area contributed by atoms with Crippen molar-refractivity contribution in [2.45, 2.75) is 0 Å². The smallest absolute Gasteiger partial charge is 0.354 e. The van der Waals surface area contributed by atoms with Crippen LogP contribution in [-0.2, 0) is 0 Å². The maximum absolute atomic E-state index is 13.5. The van der Waals surface area contributed by atoms with E-state index in [2.05, 4.69) is 9.97 Å². The van der Waals surface area contributed by atoms with Crippen LogP contribution >= 0.6 is 0 Å². The van der Waals surface area contributed by atoms with Crippen molar-refractivity contribution >= 4 is 11.9 Å². The van der Waals surface area contributed by atoms with E-state index in [-0.39, 0.29) is 23.1 Å². The fraction of sp³-hybridized carbons (Fsp3) is 0.0909. The minimum absolute atomic E-state index is 0.0429. The summed E-state index contributed by atoms with van der Waals surface area (Å²) in [5.41, 5.74) is 5.61. The van der Waals surface area contributed by atoms with Gasteiger partial charge in [0.15, 0.2) is 23.2 Å². The predicted molar refractivity (Wildman–Crippen MR) is 61.9 cm³/mol. The van der Waals surface area contributed by atoms with Crippen LogP contribution in [0.1, 0.15) is 10.5 Å². The van der Waals surface area contributed by atoms with Gasteiger partial charge in [0.25, 0.3) is 0 Å². The number of rotatable bonds is 3. The summed E-state index contributed by atoms with van der Waals surface area (Å²) in [6.45, 7) is 0. The zero-order chi connectivity index (χ0) is 13.3. The number of halogens is 1. The van der Waals surface area contributed by atoms with Crippen molar-refractivity contribution in [3.05, 3.63) is 29.7 Å². The molecule has 0 aliphatic heterocycles. The Hall–Kier alpha value is -2.57. The molecule has 0 atom stereocenters. The van der Waals surface area contributed by atoms with Crippen LogP contribution in [0.2, 0.25) is 0 Å². The molecule has 1 heterocycles. The van der Waals surface area contributed by atoms with E-state index in [0.717, 1.165) is 6.07 Å². The van der Waals surface area contributed by atoms with Crippen molar-refractivity contribution in [2.75, 3.05) is 12.8 Å². The van der Waals surface area contributed by atoms with Crippen LogP contribution in [0.3, 0.4) is 0 Å². The molecule has 0 fully saturated rings. The first kappa shape index (κ1) is 11.9. The van der Waals surface area contributed by atoms with Gasteiger partial charge in [0.1, 0.15) is 5.69 Å². The Kier molecular flexibility index (Phi) is 2.88. The van der Waals surface area contributed by atoms with Crippen LogP contribution in [0.15, 0.2) is 18.2 Å². The molecule has 7 heteroatoms. The number of carbonyl (C=O) groups is 1. The molecule has 0 aliphatic rings. The van der Waals surface area contributed by atoms with Crippen molar-refractivity contribution in [2.24, 2.45) is 0 Å². The predicted octanol–water partition coefficient (Wildman–Crippen LogP) is 1.50. The number of anilines is 1. The van der Waals surface area contributed by atoms with Gasteiger partial charge in [0, 0.05) is 5.56 Å². The Morgan fingerprint density at radius 2 is 2.28 bits per heavy atom. The number of aromatic carboxylic acids is 1. The minimum Gasteiger partial charge on any atom is -0.494 e. The standard InChI is InChI=1S/C11H10FN3O3/c1-18-7-3-2-5(4-6(7)12)8-9(10(16)17)15-11(13)14-8/h2-4H,1H3,(H,16,17)(H3,13,14,15). The molecule has 0 saturated heterocycles. The highest BCUT2D eigenvalue weighted by Crippen LogP contribution is 2.27. The number of benzene rings is 1. The molecule has 0 saturated carbocycles. The fourth-order valence-electron chi connectivity index (χ4n) is 1.57. The zero-order valence-corrected chi connectivity index (χ0v) is 9.40. The van der Waals surface area contributed by atoms with Gasteiger partial charge in [0.05, 0.1) is 7.11 Å². The van der Waals surface area contributed by atoms with Gasteiger partial charge >= 0.3 is 5.97 Å². The van der Waals surface area contributed by atoms with Crippen LogP contribution in [-0.4, -0.2) is 28.2 Å².